The van der Waals surface area contributed by atoms with Gasteiger partial charge in [-0.25, -0.2) is 9.97 Å². The molecule has 1 aromatic rings. The van der Waals surface area contributed by atoms with Crippen LogP contribution in [0.5, 0.6) is 0 Å². The van der Waals surface area contributed by atoms with E-state index in [1.807, 2.05) is 13.1 Å². The molecule has 18 heavy (non-hydrogen) atoms. The lowest BCUT2D eigenvalue weighted by atomic mass is 10.4. The quantitative estimate of drug-likeness (QED) is 0.738. The normalized spacial score (nSPS) is 10.7. The molecular weight excluding hydrogens is 226 g/mol. The van der Waals surface area contributed by atoms with Gasteiger partial charge in [-0.2, -0.15) is 0 Å². The second-order valence-corrected chi connectivity index (χ2v) is 4.11. The summed E-state index contributed by atoms with van der Waals surface area (Å²) < 4.78 is 0. The van der Waals surface area contributed by atoms with Gasteiger partial charge in [0.1, 0.15) is 17.5 Å². The van der Waals surface area contributed by atoms with Crippen LogP contribution >= 0.6 is 0 Å². The first kappa shape index (κ1) is 14.7. The third kappa shape index (κ3) is 4.49. The van der Waals surface area contributed by atoms with Gasteiger partial charge in [0, 0.05) is 32.6 Å². The number of likely N-dealkylation sites (N-methyl/N-ethyl adjacent to an activating group) is 1. The molecule has 0 unspecified atom stereocenters. The van der Waals surface area contributed by atoms with Crippen molar-refractivity contribution in [3.05, 3.63) is 11.9 Å². The molecule has 0 aliphatic heterocycles. The topological polar surface area (TPSA) is 53.1 Å². The highest BCUT2D eigenvalue weighted by molar-refractivity contribution is 5.47. The van der Waals surface area contributed by atoms with E-state index < -0.39 is 0 Å². The molecule has 0 atom stereocenters. The van der Waals surface area contributed by atoms with E-state index in [0.29, 0.717) is 0 Å². The molecule has 5 nitrogen and oxygen atoms in total. The molecule has 1 heterocycles. The summed E-state index contributed by atoms with van der Waals surface area (Å²) in [7, 11) is 1.88. The Morgan fingerprint density at radius 1 is 1.11 bits per heavy atom. The van der Waals surface area contributed by atoms with Crippen LogP contribution in [0, 0.1) is 0 Å². The Bertz CT molecular complexity index is 327. The zero-order valence-electron chi connectivity index (χ0n) is 12.0. The number of aryl methyl sites for hydroxylation is 1. The van der Waals surface area contributed by atoms with E-state index in [9.17, 15) is 0 Å². The number of nitrogens with zero attached hydrogens (tertiary/aromatic N) is 3. The van der Waals surface area contributed by atoms with Crippen molar-refractivity contribution < 1.29 is 0 Å². The largest absolute Gasteiger partial charge is 0.373 e. The van der Waals surface area contributed by atoms with Gasteiger partial charge < -0.3 is 15.5 Å². The highest BCUT2D eigenvalue weighted by Gasteiger charge is 2.03. The Balaban J connectivity index is 2.55. The summed E-state index contributed by atoms with van der Waals surface area (Å²) >= 11 is 0. The van der Waals surface area contributed by atoms with Crippen molar-refractivity contribution in [3.8, 4) is 0 Å². The SMILES string of the molecule is CCc1nc(NC)cc(NCCN(CC)CC)n1. The maximum absolute atomic E-state index is 4.47. The van der Waals surface area contributed by atoms with Crippen LogP contribution in [0.15, 0.2) is 6.07 Å². The van der Waals surface area contributed by atoms with Gasteiger partial charge in [-0.1, -0.05) is 20.8 Å². The minimum absolute atomic E-state index is 0.847. The molecule has 0 aliphatic rings. The van der Waals surface area contributed by atoms with E-state index >= 15 is 0 Å². The van der Waals surface area contributed by atoms with Gasteiger partial charge >= 0.3 is 0 Å². The van der Waals surface area contributed by atoms with Crippen molar-refractivity contribution in [3.63, 3.8) is 0 Å². The number of aromatic nitrogens is 2. The van der Waals surface area contributed by atoms with E-state index in [1.165, 1.54) is 0 Å². The standard InChI is InChI=1S/C13H25N5/c1-5-11-16-12(14-4)10-13(17-11)15-8-9-18(6-2)7-3/h10H,5-9H2,1-4H3,(H2,14,15,16,17). The van der Waals surface area contributed by atoms with Gasteiger partial charge in [-0.15, -0.1) is 0 Å². The Morgan fingerprint density at radius 2 is 1.78 bits per heavy atom. The molecule has 5 heteroatoms. The van der Waals surface area contributed by atoms with E-state index in [1.54, 1.807) is 0 Å². The van der Waals surface area contributed by atoms with Crippen molar-refractivity contribution in [2.24, 2.45) is 0 Å². The van der Waals surface area contributed by atoms with Gasteiger partial charge in [-0.3, -0.25) is 0 Å². The Labute approximate surface area is 110 Å². The maximum atomic E-state index is 4.47. The zero-order valence-corrected chi connectivity index (χ0v) is 12.0. The fraction of sp³-hybridized carbons (Fsp3) is 0.692. The average molecular weight is 251 g/mol. The van der Waals surface area contributed by atoms with E-state index in [2.05, 4.69) is 46.3 Å². The Kier molecular flexibility index (Phi) is 6.43. The summed E-state index contributed by atoms with van der Waals surface area (Å²) in [5, 5.41) is 6.42. The van der Waals surface area contributed by atoms with Crippen LogP contribution in [0.2, 0.25) is 0 Å². The summed E-state index contributed by atoms with van der Waals surface area (Å²) in [4.78, 5) is 11.2. The van der Waals surface area contributed by atoms with E-state index in [0.717, 1.165) is 50.1 Å². The average Bonchev–Trinajstić information content (AvgIpc) is 2.43. The summed E-state index contributed by atoms with van der Waals surface area (Å²) in [6.45, 7) is 10.5. The maximum Gasteiger partial charge on any atom is 0.132 e. The van der Waals surface area contributed by atoms with Crippen molar-refractivity contribution in [2.75, 3.05) is 43.9 Å². The molecule has 0 fully saturated rings. The fourth-order valence-corrected chi connectivity index (χ4v) is 1.76. The molecule has 0 bridgehead atoms. The molecule has 2 N–H and O–H groups in total. The van der Waals surface area contributed by atoms with Crippen LogP contribution in [-0.4, -0.2) is 48.1 Å². The smallest absolute Gasteiger partial charge is 0.132 e. The number of anilines is 2. The van der Waals surface area contributed by atoms with Crippen molar-refractivity contribution in [1.82, 2.24) is 14.9 Å². The molecule has 1 aromatic heterocycles. The predicted octanol–water partition coefficient (Wildman–Crippen LogP) is 1.83. The number of nitrogens with one attached hydrogen (secondary N) is 2. The summed E-state index contributed by atoms with van der Waals surface area (Å²) in [5.74, 6) is 2.64. The van der Waals surface area contributed by atoms with Gasteiger partial charge in [0.2, 0.25) is 0 Å². The molecule has 0 aromatic carbocycles. The first-order chi connectivity index (χ1) is 8.73. The predicted molar refractivity (Wildman–Crippen MR) is 77.2 cm³/mol. The zero-order chi connectivity index (χ0) is 13.4. The highest BCUT2D eigenvalue weighted by atomic mass is 15.1. The second kappa shape index (κ2) is 7.87. The Hall–Kier alpha value is -1.36. The Morgan fingerprint density at radius 3 is 2.33 bits per heavy atom. The van der Waals surface area contributed by atoms with E-state index in [-0.39, 0.29) is 0 Å². The second-order valence-electron chi connectivity index (χ2n) is 4.11. The van der Waals surface area contributed by atoms with Gasteiger partial charge in [-0.05, 0) is 13.1 Å². The van der Waals surface area contributed by atoms with Crippen molar-refractivity contribution >= 4 is 11.6 Å². The first-order valence-corrected chi connectivity index (χ1v) is 6.75. The van der Waals surface area contributed by atoms with E-state index in [4.69, 9.17) is 0 Å². The van der Waals surface area contributed by atoms with Crippen LogP contribution in [0.25, 0.3) is 0 Å². The van der Waals surface area contributed by atoms with Crippen LogP contribution < -0.4 is 10.6 Å². The molecule has 1 rings (SSSR count). The lowest BCUT2D eigenvalue weighted by Crippen LogP contribution is -2.28. The van der Waals surface area contributed by atoms with Crippen molar-refractivity contribution in [2.45, 2.75) is 27.2 Å². The van der Waals surface area contributed by atoms with Crippen LogP contribution in [0.3, 0.4) is 0 Å². The molecule has 0 saturated heterocycles. The van der Waals surface area contributed by atoms with Gasteiger partial charge in [0.15, 0.2) is 0 Å². The summed E-state index contributed by atoms with van der Waals surface area (Å²) in [6, 6.07) is 1.95. The highest BCUT2D eigenvalue weighted by Crippen LogP contribution is 2.10. The number of hydrogen-bond donors (Lipinski definition) is 2. The first-order valence-electron chi connectivity index (χ1n) is 6.75. The minimum atomic E-state index is 0.847. The van der Waals surface area contributed by atoms with Crippen LogP contribution in [0.1, 0.15) is 26.6 Å². The molecule has 0 aliphatic carbocycles. The number of rotatable bonds is 8. The minimum Gasteiger partial charge on any atom is -0.373 e. The third-order valence-electron chi connectivity index (χ3n) is 2.97. The lowest BCUT2D eigenvalue weighted by Gasteiger charge is -2.18. The lowest BCUT2D eigenvalue weighted by molar-refractivity contribution is 0.316. The van der Waals surface area contributed by atoms with Crippen LogP contribution in [0.4, 0.5) is 11.6 Å². The van der Waals surface area contributed by atoms with Crippen LogP contribution in [-0.2, 0) is 6.42 Å². The molecule has 0 amide bonds. The molecule has 0 saturated carbocycles. The monoisotopic (exact) mass is 251 g/mol. The van der Waals surface area contributed by atoms with Gasteiger partial charge in [0.05, 0.1) is 0 Å². The fourth-order valence-electron chi connectivity index (χ4n) is 1.76. The van der Waals surface area contributed by atoms with Gasteiger partial charge in [0.25, 0.3) is 0 Å². The molecular formula is C13H25N5. The number of hydrogen-bond acceptors (Lipinski definition) is 5. The summed E-state index contributed by atoms with van der Waals surface area (Å²) in [6.07, 6.45) is 0.847. The molecule has 0 spiro atoms. The molecule has 102 valence electrons. The third-order valence-corrected chi connectivity index (χ3v) is 2.97. The summed E-state index contributed by atoms with van der Waals surface area (Å²) in [5.41, 5.74) is 0. The van der Waals surface area contributed by atoms with Crippen molar-refractivity contribution in [1.29, 1.82) is 0 Å². The molecule has 0 radical (unpaired) electrons.